The average Bonchev–Trinajstić information content (AvgIpc) is 2.97. The maximum atomic E-state index is 12.1. The molecule has 5 heteroatoms. The van der Waals surface area contributed by atoms with Crippen LogP contribution in [0, 0.1) is 5.92 Å². The zero-order valence-corrected chi connectivity index (χ0v) is 15.0. The zero-order chi connectivity index (χ0) is 16.9. The molecule has 1 aliphatic carbocycles. The highest BCUT2D eigenvalue weighted by Crippen LogP contribution is 2.32. The summed E-state index contributed by atoms with van der Waals surface area (Å²) in [5, 5.41) is 8.04. The second kappa shape index (κ2) is 7.71. The van der Waals surface area contributed by atoms with E-state index in [0.717, 1.165) is 12.3 Å². The lowest BCUT2D eigenvalue weighted by Crippen LogP contribution is -2.30. The Morgan fingerprint density at radius 2 is 2.21 bits per heavy atom. The van der Waals surface area contributed by atoms with Gasteiger partial charge in [-0.05, 0) is 60.2 Å². The summed E-state index contributed by atoms with van der Waals surface area (Å²) in [6.07, 6.45) is 4.56. The van der Waals surface area contributed by atoms with Gasteiger partial charge in [0.25, 0.3) is 0 Å². The lowest BCUT2D eigenvalue weighted by Gasteiger charge is -2.19. The predicted octanol–water partition coefficient (Wildman–Crippen LogP) is 4.25. The van der Waals surface area contributed by atoms with Gasteiger partial charge in [0.15, 0.2) is 0 Å². The molecule has 2 N–H and O–H groups in total. The smallest absolute Gasteiger partial charge is 0.319 e. The van der Waals surface area contributed by atoms with E-state index in [-0.39, 0.29) is 6.03 Å². The highest BCUT2D eigenvalue weighted by Gasteiger charge is 2.19. The van der Waals surface area contributed by atoms with Crippen molar-refractivity contribution in [3.05, 3.63) is 45.6 Å². The molecule has 128 valence electrons. The molecule has 0 unspecified atom stereocenters. The quantitative estimate of drug-likeness (QED) is 0.852. The van der Waals surface area contributed by atoms with Crippen LogP contribution in [0.5, 0.6) is 5.75 Å². The maximum absolute atomic E-state index is 12.1. The second-order valence-electron chi connectivity index (χ2n) is 6.34. The first kappa shape index (κ1) is 16.8. The maximum Gasteiger partial charge on any atom is 0.319 e. The summed E-state index contributed by atoms with van der Waals surface area (Å²) in [4.78, 5) is 13.6. The predicted molar refractivity (Wildman–Crippen MR) is 99.2 cm³/mol. The molecule has 1 aromatic heterocycles. The van der Waals surface area contributed by atoms with E-state index < -0.39 is 0 Å². The molecule has 0 fully saturated rings. The Balaban J connectivity index is 1.51. The first-order chi connectivity index (χ1) is 11.7. The standard InChI is InChI=1S/C19H24N2O2S/c1-13-7-8-15-14(12-24-18(15)11-13)9-10-20-19(22)21-16-5-3-4-6-17(16)23-2/h3-6,12-13H,7-11H2,1-2H3,(H2,20,21,22)/t13-/m0/s1. The van der Waals surface area contributed by atoms with Crippen molar-refractivity contribution in [2.24, 2.45) is 5.92 Å². The Labute approximate surface area is 147 Å². The third-order valence-corrected chi connectivity index (χ3v) is 5.62. The lowest BCUT2D eigenvalue weighted by molar-refractivity contribution is 0.252. The summed E-state index contributed by atoms with van der Waals surface area (Å²) >= 11 is 1.88. The number of methoxy groups -OCH3 is 1. The van der Waals surface area contributed by atoms with Crippen molar-refractivity contribution in [1.82, 2.24) is 5.32 Å². The minimum atomic E-state index is -0.197. The van der Waals surface area contributed by atoms with Gasteiger partial charge in [0, 0.05) is 11.4 Å². The fourth-order valence-corrected chi connectivity index (χ4v) is 4.48. The summed E-state index contributed by atoms with van der Waals surface area (Å²) in [7, 11) is 1.60. The van der Waals surface area contributed by atoms with Crippen molar-refractivity contribution in [2.75, 3.05) is 19.0 Å². The highest BCUT2D eigenvalue weighted by molar-refractivity contribution is 7.10. The number of hydrogen-bond acceptors (Lipinski definition) is 3. The molecule has 1 atom stereocenters. The molecule has 0 aliphatic heterocycles. The van der Waals surface area contributed by atoms with Crippen LogP contribution in [0.1, 0.15) is 29.3 Å². The molecule has 0 saturated carbocycles. The van der Waals surface area contributed by atoms with Crippen LogP contribution in [0.25, 0.3) is 0 Å². The molecule has 4 nitrogen and oxygen atoms in total. The van der Waals surface area contributed by atoms with Gasteiger partial charge < -0.3 is 15.4 Å². The Morgan fingerprint density at radius 1 is 1.38 bits per heavy atom. The minimum absolute atomic E-state index is 0.197. The van der Waals surface area contributed by atoms with Crippen LogP contribution in [0.3, 0.4) is 0 Å². The molecule has 0 radical (unpaired) electrons. The molecule has 1 heterocycles. The van der Waals surface area contributed by atoms with E-state index in [9.17, 15) is 4.79 Å². The molecule has 2 amide bonds. The van der Waals surface area contributed by atoms with Gasteiger partial charge in [-0.1, -0.05) is 19.1 Å². The summed E-state index contributed by atoms with van der Waals surface area (Å²) < 4.78 is 5.24. The molecule has 24 heavy (non-hydrogen) atoms. The van der Waals surface area contributed by atoms with E-state index in [1.165, 1.54) is 30.4 Å². The van der Waals surface area contributed by atoms with Gasteiger partial charge >= 0.3 is 6.03 Å². The number of carbonyl (C=O) groups is 1. The van der Waals surface area contributed by atoms with Crippen molar-refractivity contribution in [1.29, 1.82) is 0 Å². The second-order valence-corrected chi connectivity index (χ2v) is 7.31. The summed E-state index contributed by atoms with van der Waals surface area (Å²) in [5.74, 6) is 1.46. The van der Waals surface area contributed by atoms with E-state index in [2.05, 4.69) is 22.9 Å². The highest BCUT2D eigenvalue weighted by atomic mass is 32.1. The summed E-state index contributed by atoms with van der Waals surface area (Å²) in [6, 6.07) is 7.21. The van der Waals surface area contributed by atoms with Crippen LogP contribution >= 0.6 is 11.3 Å². The molecular formula is C19H24N2O2S. The molecular weight excluding hydrogens is 320 g/mol. The first-order valence-electron chi connectivity index (χ1n) is 8.43. The van der Waals surface area contributed by atoms with Gasteiger partial charge in [-0.2, -0.15) is 0 Å². The number of hydrogen-bond donors (Lipinski definition) is 2. The monoisotopic (exact) mass is 344 g/mol. The van der Waals surface area contributed by atoms with E-state index in [0.29, 0.717) is 18.0 Å². The van der Waals surface area contributed by atoms with Gasteiger partial charge in [-0.15, -0.1) is 11.3 Å². The minimum Gasteiger partial charge on any atom is -0.495 e. The Bertz CT molecular complexity index is 711. The van der Waals surface area contributed by atoms with Crippen LogP contribution < -0.4 is 15.4 Å². The fraction of sp³-hybridized carbons (Fsp3) is 0.421. The van der Waals surface area contributed by atoms with Crippen LogP contribution in [-0.2, 0) is 19.3 Å². The number of thiophene rings is 1. The first-order valence-corrected chi connectivity index (χ1v) is 9.31. The SMILES string of the molecule is COc1ccccc1NC(=O)NCCc1csc2c1CC[C@H](C)C2. The molecule has 0 spiro atoms. The van der Waals surface area contributed by atoms with E-state index in [1.807, 2.05) is 35.6 Å². The van der Waals surface area contributed by atoms with Crippen molar-refractivity contribution in [3.63, 3.8) is 0 Å². The molecule has 0 bridgehead atoms. The molecule has 2 aromatic rings. The largest absolute Gasteiger partial charge is 0.495 e. The third-order valence-electron chi connectivity index (χ3n) is 4.52. The number of fused-ring (bicyclic) bond motifs is 1. The van der Waals surface area contributed by atoms with Crippen LogP contribution in [0.15, 0.2) is 29.6 Å². The Morgan fingerprint density at radius 3 is 3.04 bits per heavy atom. The van der Waals surface area contributed by atoms with E-state index in [1.54, 1.807) is 12.0 Å². The number of urea groups is 1. The number of carbonyl (C=O) groups excluding carboxylic acids is 1. The fourth-order valence-electron chi connectivity index (χ4n) is 3.18. The number of para-hydroxylation sites is 2. The zero-order valence-electron chi connectivity index (χ0n) is 14.2. The van der Waals surface area contributed by atoms with Crippen LogP contribution in [0.4, 0.5) is 10.5 Å². The van der Waals surface area contributed by atoms with E-state index in [4.69, 9.17) is 4.74 Å². The number of benzene rings is 1. The van der Waals surface area contributed by atoms with Crippen molar-refractivity contribution in [2.45, 2.75) is 32.6 Å². The summed E-state index contributed by atoms with van der Waals surface area (Å²) in [6.45, 7) is 2.96. The van der Waals surface area contributed by atoms with Crippen molar-refractivity contribution < 1.29 is 9.53 Å². The van der Waals surface area contributed by atoms with E-state index >= 15 is 0 Å². The molecule has 0 saturated heterocycles. The molecule has 1 aliphatic rings. The normalized spacial score (nSPS) is 16.3. The number of anilines is 1. The summed E-state index contributed by atoms with van der Waals surface area (Å²) in [5.41, 5.74) is 3.61. The molecule has 1 aromatic carbocycles. The number of ether oxygens (including phenoxy) is 1. The van der Waals surface area contributed by atoms with Crippen LogP contribution in [0.2, 0.25) is 0 Å². The number of amides is 2. The van der Waals surface area contributed by atoms with Gasteiger partial charge in [-0.3, -0.25) is 0 Å². The van der Waals surface area contributed by atoms with Gasteiger partial charge in [0.2, 0.25) is 0 Å². The number of nitrogens with one attached hydrogen (secondary N) is 2. The van der Waals surface area contributed by atoms with Gasteiger partial charge in [-0.25, -0.2) is 4.79 Å². The Hall–Kier alpha value is -2.01. The Kier molecular flexibility index (Phi) is 5.41. The topological polar surface area (TPSA) is 50.4 Å². The van der Waals surface area contributed by atoms with Gasteiger partial charge in [0.05, 0.1) is 12.8 Å². The third kappa shape index (κ3) is 3.90. The van der Waals surface area contributed by atoms with Crippen molar-refractivity contribution in [3.8, 4) is 5.75 Å². The van der Waals surface area contributed by atoms with Crippen LogP contribution in [-0.4, -0.2) is 19.7 Å². The number of rotatable bonds is 5. The lowest BCUT2D eigenvalue weighted by atomic mass is 9.88. The average molecular weight is 344 g/mol. The van der Waals surface area contributed by atoms with Crippen molar-refractivity contribution >= 4 is 23.1 Å². The van der Waals surface area contributed by atoms with Gasteiger partial charge in [0.1, 0.15) is 5.75 Å². The molecule has 3 rings (SSSR count).